The molecule has 1 heterocycles. The molecule has 0 unspecified atom stereocenters. The van der Waals surface area contributed by atoms with Crippen molar-refractivity contribution >= 4 is 5.97 Å². The van der Waals surface area contributed by atoms with Crippen molar-refractivity contribution < 1.29 is 14.3 Å². The Labute approximate surface area is 93.5 Å². The van der Waals surface area contributed by atoms with E-state index in [9.17, 15) is 4.79 Å². The second-order valence-corrected chi connectivity index (χ2v) is 3.93. The molecule has 16 heavy (non-hydrogen) atoms. The van der Waals surface area contributed by atoms with Gasteiger partial charge in [0.05, 0.1) is 19.4 Å². The fourth-order valence-electron chi connectivity index (χ4n) is 1.56. The number of aromatic nitrogens is 3. The second kappa shape index (κ2) is 4.61. The lowest BCUT2D eigenvalue weighted by molar-refractivity contribution is 0.0588. The lowest BCUT2D eigenvalue weighted by Gasteiger charge is -2.05. The van der Waals surface area contributed by atoms with E-state index in [1.807, 2.05) is 0 Å². The summed E-state index contributed by atoms with van der Waals surface area (Å²) in [6, 6.07) is 0. The van der Waals surface area contributed by atoms with E-state index in [0.29, 0.717) is 18.2 Å². The highest BCUT2D eigenvalue weighted by molar-refractivity contribution is 5.88. The Kier molecular flexibility index (Phi) is 3.19. The van der Waals surface area contributed by atoms with Gasteiger partial charge >= 0.3 is 5.97 Å². The van der Waals surface area contributed by atoms with Crippen LogP contribution in [-0.2, 0) is 22.6 Å². The van der Waals surface area contributed by atoms with Crippen molar-refractivity contribution in [2.75, 3.05) is 14.2 Å². The van der Waals surface area contributed by atoms with E-state index in [0.717, 1.165) is 6.54 Å². The Balaban J connectivity index is 2.22. The molecule has 1 fully saturated rings. The van der Waals surface area contributed by atoms with E-state index in [2.05, 4.69) is 15.0 Å². The summed E-state index contributed by atoms with van der Waals surface area (Å²) in [5.74, 6) is 0.205. The summed E-state index contributed by atoms with van der Waals surface area (Å²) >= 11 is 0. The standard InChI is InChI=1S/C10H15N3O3/c1-15-6-8-9(10(14)16-2)11-12-13(8)5-7-3-4-7/h7H,3-6H2,1-2H3. The number of rotatable bonds is 5. The molecule has 1 aromatic heterocycles. The average molecular weight is 225 g/mol. The molecule has 0 aromatic carbocycles. The third-order valence-electron chi connectivity index (χ3n) is 2.63. The minimum absolute atomic E-state index is 0.255. The van der Waals surface area contributed by atoms with Crippen LogP contribution < -0.4 is 0 Å². The molecule has 1 aromatic rings. The van der Waals surface area contributed by atoms with Crippen molar-refractivity contribution in [2.45, 2.75) is 26.0 Å². The van der Waals surface area contributed by atoms with Gasteiger partial charge < -0.3 is 9.47 Å². The van der Waals surface area contributed by atoms with Crippen molar-refractivity contribution in [1.82, 2.24) is 15.0 Å². The number of carbonyl (C=O) groups excluding carboxylic acids is 1. The van der Waals surface area contributed by atoms with E-state index < -0.39 is 5.97 Å². The van der Waals surface area contributed by atoms with Crippen LogP contribution in [0, 0.1) is 5.92 Å². The lowest BCUT2D eigenvalue weighted by atomic mass is 10.3. The smallest absolute Gasteiger partial charge is 0.360 e. The third kappa shape index (κ3) is 2.21. The zero-order valence-corrected chi connectivity index (χ0v) is 9.47. The summed E-state index contributed by atoms with van der Waals surface area (Å²) < 4.78 is 11.4. The van der Waals surface area contributed by atoms with Crippen LogP contribution in [0.2, 0.25) is 0 Å². The van der Waals surface area contributed by atoms with Crippen molar-refractivity contribution in [1.29, 1.82) is 0 Å². The Hall–Kier alpha value is -1.43. The largest absolute Gasteiger partial charge is 0.464 e. The molecule has 6 nitrogen and oxygen atoms in total. The zero-order chi connectivity index (χ0) is 11.5. The van der Waals surface area contributed by atoms with E-state index in [1.165, 1.54) is 20.0 Å². The van der Waals surface area contributed by atoms with E-state index in [-0.39, 0.29) is 5.69 Å². The topological polar surface area (TPSA) is 66.2 Å². The highest BCUT2D eigenvalue weighted by Gasteiger charge is 2.26. The lowest BCUT2D eigenvalue weighted by Crippen LogP contribution is -2.11. The van der Waals surface area contributed by atoms with Gasteiger partial charge in [0, 0.05) is 13.7 Å². The van der Waals surface area contributed by atoms with Crippen LogP contribution in [0.15, 0.2) is 0 Å². The van der Waals surface area contributed by atoms with E-state index >= 15 is 0 Å². The fourth-order valence-corrected chi connectivity index (χ4v) is 1.56. The van der Waals surface area contributed by atoms with Gasteiger partial charge in [-0.3, -0.25) is 0 Å². The molecule has 2 rings (SSSR count). The summed E-state index contributed by atoms with van der Waals surface area (Å²) in [6.45, 7) is 1.13. The number of nitrogens with zero attached hydrogens (tertiary/aromatic N) is 3. The van der Waals surface area contributed by atoms with Gasteiger partial charge in [0.25, 0.3) is 0 Å². The Morgan fingerprint density at radius 2 is 2.25 bits per heavy atom. The molecule has 0 saturated heterocycles. The van der Waals surface area contributed by atoms with Crippen molar-refractivity contribution in [2.24, 2.45) is 5.92 Å². The first-order valence-electron chi connectivity index (χ1n) is 5.26. The summed E-state index contributed by atoms with van der Waals surface area (Å²) in [7, 11) is 2.91. The number of esters is 1. The van der Waals surface area contributed by atoms with E-state index in [4.69, 9.17) is 4.74 Å². The van der Waals surface area contributed by atoms with Crippen molar-refractivity contribution in [3.8, 4) is 0 Å². The van der Waals surface area contributed by atoms with Gasteiger partial charge in [-0.2, -0.15) is 0 Å². The number of ether oxygens (including phenoxy) is 2. The molecule has 6 heteroatoms. The molecular weight excluding hydrogens is 210 g/mol. The fraction of sp³-hybridized carbons (Fsp3) is 0.700. The van der Waals surface area contributed by atoms with Crippen LogP contribution in [0.4, 0.5) is 0 Å². The van der Waals surface area contributed by atoms with Gasteiger partial charge in [0.15, 0.2) is 5.69 Å². The highest BCUT2D eigenvalue weighted by Crippen LogP contribution is 2.30. The number of hydrogen-bond donors (Lipinski definition) is 0. The maximum Gasteiger partial charge on any atom is 0.360 e. The number of methoxy groups -OCH3 is 2. The minimum Gasteiger partial charge on any atom is -0.464 e. The Morgan fingerprint density at radius 3 is 2.81 bits per heavy atom. The molecular formula is C10H15N3O3. The zero-order valence-electron chi connectivity index (χ0n) is 9.47. The Bertz CT molecular complexity index is 385. The van der Waals surface area contributed by atoms with Crippen LogP contribution >= 0.6 is 0 Å². The van der Waals surface area contributed by atoms with Gasteiger partial charge in [-0.15, -0.1) is 5.10 Å². The first-order valence-corrected chi connectivity index (χ1v) is 5.26. The van der Waals surface area contributed by atoms with Gasteiger partial charge in [0.2, 0.25) is 0 Å². The van der Waals surface area contributed by atoms with Crippen LogP contribution in [0.25, 0.3) is 0 Å². The van der Waals surface area contributed by atoms with Crippen LogP contribution in [-0.4, -0.2) is 35.2 Å². The predicted octanol–water partition coefficient (Wildman–Crippen LogP) is 0.621. The maximum absolute atomic E-state index is 11.4. The molecule has 0 bridgehead atoms. The first kappa shape index (κ1) is 11.1. The minimum atomic E-state index is -0.464. The summed E-state index contributed by atoms with van der Waals surface area (Å²) in [6.07, 6.45) is 2.44. The summed E-state index contributed by atoms with van der Waals surface area (Å²) in [5, 5.41) is 7.81. The summed E-state index contributed by atoms with van der Waals surface area (Å²) in [4.78, 5) is 11.4. The van der Waals surface area contributed by atoms with Gasteiger partial charge in [-0.25, -0.2) is 9.48 Å². The molecule has 0 N–H and O–H groups in total. The quantitative estimate of drug-likeness (QED) is 0.687. The molecule has 1 aliphatic rings. The van der Waals surface area contributed by atoms with Crippen LogP contribution in [0.5, 0.6) is 0 Å². The van der Waals surface area contributed by atoms with Gasteiger partial charge in [0.1, 0.15) is 0 Å². The van der Waals surface area contributed by atoms with E-state index in [1.54, 1.807) is 11.8 Å². The SMILES string of the molecule is COCc1c(C(=O)OC)nnn1CC1CC1. The molecule has 0 spiro atoms. The van der Waals surface area contributed by atoms with Crippen molar-refractivity contribution in [3.63, 3.8) is 0 Å². The third-order valence-corrected chi connectivity index (χ3v) is 2.63. The monoisotopic (exact) mass is 225 g/mol. The predicted molar refractivity (Wildman–Crippen MR) is 54.8 cm³/mol. The molecule has 0 aliphatic heterocycles. The van der Waals surface area contributed by atoms with Gasteiger partial charge in [-0.05, 0) is 18.8 Å². The Morgan fingerprint density at radius 1 is 1.50 bits per heavy atom. The molecule has 1 saturated carbocycles. The molecule has 1 aliphatic carbocycles. The highest BCUT2D eigenvalue weighted by atomic mass is 16.5. The van der Waals surface area contributed by atoms with Gasteiger partial charge in [-0.1, -0.05) is 5.21 Å². The average Bonchev–Trinajstić information content (AvgIpc) is 3.01. The van der Waals surface area contributed by atoms with Crippen LogP contribution in [0.1, 0.15) is 29.0 Å². The second-order valence-electron chi connectivity index (χ2n) is 3.93. The van der Waals surface area contributed by atoms with Crippen molar-refractivity contribution in [3.05, 3.63) is 11.4 Å². The molecule has 0 amide bonds. The number of carbonyl (C=O) groups is 1. The number of hydrogen-bond acceptors (Lipinski definition) is 5. The maximum atomic E-state index is 11.4. The normalized spacial score (nSPS) is 15.1. The summed E-state index contributed by atoms with van der Waals surface area (Å²) in [5.41, 5.74) is 0.950. The molecule has 0 atom stereocenters. The molecule has 0 radical (unpaired) electrons. The van der Waals surface area contributed by atoms with Crippen LogP contribution in [0.3, 0.4) is 0 Å². The first-order chi connectivity index (χ1) is 7.76. The molecule has 88 valence electrons.